The molecule has 1 atom stereocenters. The average Bonchev–Trinajstić information content (AvgIpc) is 3.29. The second-order valence-corrected chi connectivity index (χ2v) is 6.51. The minimum atomic E-state index is -1.08. The molecule has 0 amide bonds. The minimum absolute atomic E-state index is 0.243. The second-order valence-electron chi connectivity index (χ2n) is 6.51. The number of nitrogens with one attached hydrogen (secondary N) is 1. The van der Waals surface area contributed by atoms with Gasteiger partial charge in [0.2, 0.25) is 5.78 Å². The fourth-order valence-corrected chi connectivity index (χ4v) is 3.26. The van der Waals surface area contributed by atoms with Crippen LogP contribution in [0.1, 0.15) is 43.8 Å². The summed E-state index contributed by atoms with van der Waals surface area (Å²) in [6.45, 7) is 3.29. The number of fused-ring (bicyclic) bond motifs is 1. The van der Waals surface area contributed by atoms with E-state index in [-0.39, 0.29) is 11.3 Å². The summed E-state index contributed by atoms with van der Waals surface area (Å²) >= 11 is 0. The summed E-state index contributed by atoms with van der Waals surface area (Å²) < 4.78 is 10.7. The monoisotopic (exact) mass is 374 g/mol. The molecule has 0 fully saturated rings. The summed E-state index contributed by atoms with van der Waals surface area (Å²) in [5.41, 5.74) is 2.57. The van der Waals surface area contributed by atoms with E-state index in [0.717, 1.165) is 10.9 Å². The molecule has 1 N–H and O–H groups in total. The van der Waals surface area contributed by atoms with Gasteiger partial charge in [0.25, 0.3) is 0 Å². The third kappa shape index (κ3) is 3.09. The summed E-state index contributed by atoms with van der Waals surface area (Å²) in [6.07, 6.45) is 0.564. The highest BCUT2D eigenvalue weighted by atomic mass is 16.5. The Hall–Kier alpha value is -3.67. The summed E-state index contributed by atoms with van der Waals surface area (Å²) in [7, 11) is 0. The Bertz CT molecular complexity index is 1140. The van der Waals surface area contributed by atoms with Crippen LogP contribution in [-0.2, 0) is 4.74 Å². The number of H-pyrrole nitrogens is 1. The van der Waals surface area contributed by atoms with E-state index in [4.69, 9.17) is 9.26 Å². The number of para-hydroxylation sites is 1. The van der Waals surface area contributed by atoms with E-state index >= 15 is 0 Å². The molecule has 0 aliphatic rings. The predicted molar refractivity (Wildman–Crippen MR) is 103 cm³/mol. The highest BCUT2D eigenvalue weighted by molar-refractivity contribution is 6.11. The van der Waals surface area contributed by atoms with Crippen molar-refractivity contribution in [3.8, 4) is 0 Å². The predicted octanol–water partition coefficient (Wildman–Crippen LogP) is 4.55. The van der Waals surface area contributed by atoms with Crippen molar-refractivity contribution in [2.75, 3.05) is 0 Å². The lowest BCUT2D eigenvalue weighted by molar-refractivity contribution is 0.0278. The first-order valence-corrected chi connectivity index (χ1v) is 8.85. The molecule has 0 aliphatic carbocycles. The Balaban J connectivity index is 1.74. The van der Waals surface area contributed by atoms with Gasteiger partial charge in [0.05, 0.1) is 5.69 Å². The van der Waals surface area contributed by atoms with Gasteiger partial charge < -0.3 is 14.2 Å². The van der Waals surface area contributed by atoms with Crippen molar-refractivity contribution in [3.05, 3.63) is 88.9 Å². The van der Waals surface area contributed by atoms with Crippen molar-refractivity contribution in [2.24, 2.45) is 0 Å². The van der Waals surface area contributed by atoms with Gasteiger partial charge in [-0.15, -0.1) is 0 Å². The molecule has 0 saturated carbocycles. The topological polar surface area (TPSA) is 85.2 Å². The molecule has 1 unspecified atom stereocenters. The van der Waals surface area contributed by atoms with Crippen LogP contribution in [-0.4, -0.2) is 21.9 Å². The minimum Gasteiger partial charge on any atom is -0.445 e. The second kappa shape index (κ2) is 7.15. The van der Waals surface area contributed by atoms with Gasteiger partial charge in [-0.05, 0) is 19.9 Å². The van der Waals surface area contributed by atoms with E-state index in [9.17, 15) is 9.59 Å². The highest BCUT2D eigenvalue weighted by Gasteiger charge is 2.30. The van der Waals surface area contributed by atoms with E-state index in [1.165, 1.54) is 0 Å². The van der Waals surface area contributed by atoms with Crippen LogP contribution in [0.3, 0.4) is 0 Å². The molecule has 0 saturated heterocycles. The number of aromatic nitrogens is 2. The van der Waals surface area contributed by atoms with E-state index in [1.807, 2.05) is 30.3 Å². The van der Waals surface area contributed by atoms with E-state index < -0.39 is 12.1 Å². The molecule has 2 aromatic heterocycles. The van der Waals surface area contributed by atoms with Gasteiger partial charge in [-0.3, -0.25) is 4.79 Å². The van der Waals surface area contributed by atoms with Crippen LogP contribution in [0.15, 0.2) is 65.3 Å². The van der Waals surface area contributed by atoms with Crippen molar-refractivity contribution in [1.82, 2.24) is 10.1 Å². The van der Waals surface area contributed by atoms with Crippen molar-refractivity contribution in [3.63, 3.8) is 0 Å². The number of hydrogen-bond acceptors (Lipinski definition) is 5. The van der Waals surface area contributed by atoms with Gasteiger partial charge in [-0.2, -0.15) is 0 Å². The summed E-state index contributed by atoms with van der Waals surface area (Å²) in [4.78, 5) is 29.2. The third-order valence-corrected chi connectivity index (χ3v) is 4.66. The molecule has 6 heteroatoms. The number of esters is 1. The summed E-state index contributed by atoms with van der Waals surface area (Å²) in [5, 5.41) is 4.57. The molecule has 4 aromatic rings. The zero-order chi connectivity index (χ0) is 19.7. The highest BCUT2D eigenvalue weighted by Crippen LogP contribution is 2.28. The number of aryl methyl sites for hydroxylation is 2. The molecular weight excluding hydrogens is 356 g/mol. The SMILES string of the molecule is Cc1noc(C)c1C(=O)OC(C(=O)c1c[nH]c2ccccc12)c1ccccc1. The van der Waals surface area contributed by atoms with Gasteiger partial charge in [0.15, 0.2) is 6.10 Å². The number of carbonyl (C=O) groups excluding carboxylic acids is 2. The first-order valence-electron chi connectivity index (χ1n) is 8.85. The number of ketones is 1. The van der Waals surface area contributed by atoms with E-state index in [0.29, 0.717) is 22.6 Å². The van der Waals surface area contributed by atoms with Gasteiger partial charge in [0.1, 0.15) is 11.3 Å². The molecule has 4 rings (SSSR count). The Morgan fingerprint density at radius 2 is 1.75 bits per heavy atom. The molecule has 0 radical (unpaired) electrons. The number of carbonyl (C=O) groups is 2. The number of nitrogens with zero attached hydrogens (tertiary/aromatic N) is 1. The first kappa shape index (κ1) is 17.7. The number of ether oxygens (including phenoxy) is 1. The molecule has 6 nitrogen and oxygen atoms in total. The van der Waals surface area contributed by atoms with E-state index in [1.54, 1.807) is 44.3 Å². The average molecular weight is 374 g/mol. The van der Waals surface area contributed by atoms with Crippen LogP contribution in [0.25, 0.3) is 10.9 Å². The standard InChI is InChI=1S/C22H18N2O4/c1-13-19(14(2)28-24-13)22(26)27-21(15-8-4-3-5-9-15)20(25)17-12-23-18-11-7-6-10-16(17)18/h3-12,21,23H,1-2H3. The molecular formula is C22H18N2O4. The lowest BCUT2D eigenvalue weighted by Crippen LogP contribution is -2.20. The first-order chi connectivity index (χ1) is 13.6. The molecule has 0 aliphatic heterocycles. The Morgan fingerprint density at radius 3 is 2.46 bits per heavy atom. The summed E-state index contributed by atoms with van der Waals surface area (Å²) in [5.74, 6) is -0.587. The molecule has 2 heterocycles. The van der Waals surface area contributed by atoms with Gasteiger partial charge in [-0.25, -0.2) is 4.79 Å². The van der Waals surface area contributed by atoms with Crippen molar-refractivity contribution in [2.45, 2.75) is 20.0 Å². The van der Waals surface area contributed by atoms with Gasteiger partial charge in [0, 0.05) is 28.2 Å². The molecule has 28 heavy (non-hydrogen) atoms. The van der Waals surface area contributed by atoms with Crippen LogP contribution in [0.5, 0.6) is 0 Å². The molecule has 0 spiro atoms. The summed E-state index contributed by atoms with van der Waals surface area (Å²) in [6, 6.07) is 16.5. The molecule has 0 bridgehead atoms. The van der Waals surface area contributed by atoms with Gasteiger partial charge in [-0.1, -0.05) is 53.7 Å². The van der Waals surface area contributed by atoms with Crippen LogP contribution in [0, 0.1) is 13.8 Å². The zero-order valence-electron chi connectivity index (χ0n) is 15.4. The van der Waals surface area contributed by atoms with Crippen molar-refractivity contribution < 1.29 is 18.8 Å². The Labute approximate surface area is 161 Å². The zero-order valence-corrected chi connectivity index (χ0v) is 15.4. The number of rotatable bonds is 5. The third-order valence-electron chi connectivity index (χ3n) is 4.66. The van der Waals surface area contributed by atoms with Crippen LogP contribution < -0.4 is 0 Å². The quantitative estimate of drug-likeness (QED) is 0.409. The van der Waals surface area contributed by atoms with Crippen molar-refractivity contribution in [1.29, 1.82) is 0 Å². The number of hydrogen-bond donors (Lipinski definition) is 1. The van der Waals surface area contributed by atoms with Crippen molar-refractivity contribution >= 4 is 22.7 Å². The maximum Gasteiger partial charge on any atom is 0.344 e. The van der Waals surface area contributed by atoms with Crippen LogP contribution in [0.2, 0.25) is 0 Å². The maximum absolute atomic E-state index is 13.4. The fourth-order valence-electron chi connectivity index (χ4n) is 3.26. The lowest BCUT2D eigenvalue weighted by Gasteiger charge is -2.17. The Morgan fingerprint density at radius 1 is 1.04 bits per heavy atom. The van der Waals surface area contributed by atoms with Crippen LogP contribution >= 0.6 is 0 Å². The Kier molecular flexibility index (Phi) is 4.53. The number of aromatic amines is 1. The fraction of sp³-hybridized carbons (Fsp3) is 0.136. The smallest absolute Gasteiger partial charge is 0.344 e. The van der Waals surface area contributed by atoms with Crippen LogP contribution in [0.4, 0.5) is 0 Å². The molecule has 140 valence electrons. The normalized spacial score (nSPS) is 12.1. The number of Topliss-reactive ketones (excluding diaryl/α,β-unsaturated/α-hetero) is 1. The maximum atomic E-state index is 13.4. The van der Waals surface area contributed by atoms with E-state index in [2.05, 4.69) is 10.1 Å². The molecule has 2 aromatic carbocycles. The van der Waals surface area contributed by atoms with Gasteiger partial charge >= 0.3 is 5.97 Å². The largest absolute Gasteiger partial charge is 0.445 e. The number of benzene rings is 2. The lowest BCUT2D eigenvalue weighted by atomic mass is 9.99.